The van der Waals surface area contributed by atoms with Crippen LogP contribution in [-0.2, 0) is 22.7 Å². The first-order valence-electron chi connectivity index (χ1n) is 8.30. The molecule has 1 N–H and O–H groups in total. The summed E-state index contributed by atoms with van der Waals surface area (Å²) in [7, 11) is 0. The summed E-state index contributed by atoms with van der Waals surface area (Å²) in [5.74, 6) is -4.51. The lowest BCUT2D eigenvalue weighted by molar-refractivity contribution is -0.215. The molecular formula is C19H16F6N2O2. The molecule has 156 valence electrons. The molecule has 4 nitrogen and oxygen atoms in total. The molecule has 0 aliphatic rings. The number of nitrogens with zero attached hydrogens (tertiary/aromatic N) is 1. The third-order valence-electron chi connectivity index (χ3n) is 3.88. The quantitative estimate of drug-likeness (QED) is 0.726. The average Bonchev–Trinajstić information content (AvgIpc) is 2.65. The fraction of sp³-hybridized carbons (Fsp3) is 0.263. The van der Waals surface area contributed by atoms with E-state index in [1.165, 1.54) is 42.5 Å². The van der Waals surface area contributed by atoms with E-state index in [-0.39, 0.29) is 12.1 Å². The van der Waals surface area contributed by atoms with Crippen molar-refractivity contribution < 1.29 is 35.9 Å². The summed E-state index contributed by atoms with van der Waals surface area (Å²) in [6.45, 7) is -1.38. The van der Waals surface area contributed by atoms with Gasteiger partial charge in [-0.1, -0.05) is 60.7 Å². The Kier molecular flexibility index (Phi) is 6.89. The van der Waals surface area contributed by atoms with Crippen LogP contribution >= 0.6 is 0 Å². The lowest BCUT2D eigenvalue weighted by Crippen LogP contribution is -2.59. The van der Waals surface area contributed by atoms with Gasteiger partial charge in [-0.15, -0.1) is 0 Å². The van der Waals surface area contributed by atoms with Gasteiger partial charge in [0.15, 0.2) is 0 Å². The van der Waals surface area contributed by atoms with Crippen LogP contribution in [-0.4, -0.2) is 35.1 Å². The van der Waals surface area contributed by atoms with Crippen molar-refractivity contribution in [2.45, 2.75) is 31.5 Å². The molecule has 29 heavy (non-hydrogen) atoms. The summed E-state index contributed by atoms with van der Waals surface area (Å²) in [4.78, 5) is 23.5. The van der Waals surface area contributed by atoms with Crippen molar-refractivity contribution in [1.82, 2.24) is 10.2 Å². The first-order valence-corrected chi connectivity index (χ1v) is 8.30. The van der Waals surface area contributed by atoms with Crippen LogP contribution in [0.1, 0.15) is 11.1 Å². The Morgan fingerprint density at radius 1 is 0.828 bits per heavy atom. The molecule has 1 atom stereocenters. The van der Waals surface area contributed by atoms with E-state index in [0.29, 0.717) is 5.56 Å². The van der Waals surface area contributed by atoms with Crippen LogP contribution in [0.3, 0.4) is 0 Å². The molecule has 0 aliphatic carbocycles. The zero-order valence-corrected chi connectivity index (χ0v) is 14.8. The van der Waals surface area contributed by atoms with Crippen molar-refractivity contribution in [3.63, 3.8) is 0 Å². The zero-order chi connectivity index (χ0) is 21.7. The van der Waals surface area contributed by atoms with E-state index >= 15 is 0 Å². The van der Waals surface area contributed by atoms with Gasteiger partial charge in [0.05, 0.1) is 0 Å². The molecule has 0 bridgehead atoms. The number of hydrogen-bond donors (Lipinski definition) is 1. The average molecular weight is 418 g/mol. The van der Waals surface area contributed by atoms with Gasteiger partial charge >= 0.3 is 18.3 Å². The van der Waals surface area contributed by atoms with Crippen LogP contribution in [0.15, 0.2) is 60.7 Å². The maximum Gasteiger partial charge on any atom is 0.471 e. The molecule has 0 saturated carbocycles. The third-order valence-corrected chi connectivity index (χ3v) is 3.88. The Morgan fingerprint density at radius 3 is 1.76 bits per heavy atom. The molecule has 2 amide bonds. The molecule has 0 radical (unpaired) electrons. The van der Waals surface area contributed by atoms with E-state index in [0.717, 1.165) is 0 Å². The Morgan fingerprint density at radius 2 is 1.31 bits per heavy atom. The predicted molar refractivity (Wildman–Crippen MR) is 91.2 cm³/mol. The van der Waals surface area contributed by atoms with Crippen LogP contribution < -0.4 is 5.32 Å². The minimum Gasteiger partial charge on any atom is -0.350 e. The highest BCUT2D eigenvalue weighted by molar-refractivity contribution is 5.90. The molecule has 10 heteroatoms. The van der Waals surface area contributed by atoms with E-state index in [1.807, 2.05) is 5.32 Å². The molecule has 0 aliphatic heterocycles. The van der Waals surface area contributed by atoms with Gasteiger partial charge in [0, 0.05) is 13.1 Å². The van der Waals surface area contributed by atoms with Crippen molar-refractivity contribution in [2.24, 2.45) is 0 Å². The highest BCUT2D eigenvalue weighted by Crippen LogP contribution is 2.30. The predicted octanol–water partition coefficient (Wildman–Crippen LogP) is 3.82. The van der Waals surface area contributed by atoms with Crippen LogP contribution in [0.5, 0.6) is 0 Å². The van der Waals surface area contributed by atoms with E-state index in [1.54, 1.807) is 18.2 Å². The summed E-state index contributed by atoms with van der Waals surface area (Å²) in [6.07, 6.45) is -11.0. The number of carbonyl (C=O) groups excluding carboxylic acids is 2. The lowest BCUT2D eigenvalue weighted by atomic mass is 10.1. The van der Waals surface area contributed by atoms with Crippen molar-refractivity contribution in [3.05, 3.63) is 71.8 Å². The SMILES string of the molecule is O=C(NCc1ccccc1)C(N(Cc1ccccc1)C(=O)C(F)(F)F)C(F)(F)F. The summed E-state index contributed by atoms with van der Waals surface area (Å²) >= 11 is 0. The lowest BCUT2D eigenvalue weighted by Gasteiger charge is -2.32. The minimum absolute atomic E-state index is 0.00945. The van der Waals surface area contributed by atoms with Gasteiger partial charge < -0.3 is 10.2 Å². The second-order valence-electron chi connectivity index (χ2n) is 6.06. The summed E-state index contributed by atoms with van der Waals surface area (Å²) in [5.41, 5.74) is 0.453. The molecule has 2 aromatic rings. The number of halogens is 6. The van der Waals surface area contributed by atoms with E-state index < -0.39 is 41.7 Å². The van der Waals surface area contributed by atoms with Gasteiger partial charge in [0.25, 0.3) is 5.91 Å². The molecule has 2 rings (SSSR count). The van der Waals surface area contributed by atoms with Crippen molar-refractivity contribution in [1.29, 1.82) is 0 Å². The van der Waals surface area contributed by atoms with Gasteiger partial charge in [-0.2, -0.15) is 26.3 Å². The number of carbonyl (C=O) groups is 2. The second-order valence-corrected chi connectivity index (χ2v) is 6.06. The maximum absolute atomic E-state index is 13.6. The first kappa shape index (κ1) is 22.3. The van der Waals surface area contributed by atoms with Gasteiger partial charge in [0.2, 0.25) is 6.04 Å². The summed E-state index contributed by atoms with van der Waals surface area (Å²) in [5, 5.41) is 1.96. The summed E-state index contributed by atoms with van der Waals surface area (Å²) in [6, 6.07) is 11.3. The van der Waals surface area contributed by atoms with Crippen LogP contribution in [0, 0.1) is 0 Å². The Labute approximate surface area is 162 Å². The molecule has 0 aromatic heterocycles. The van der Waals surface area contributed by atoms with Crippen molar-refractivity contribution >= 4 is 11.8 Å². The monoisotopic (exact) mass is 418 g/mol. The molecule has 0 spiro atoms. The Bertz CT molecular complexity index is 822. The largest absolute Gasteiger partial charge is 0.471 e. The van der Waals surface area contributed by atoms with Crippen LogP contribution in [0.2, 0.25) is 0 Å². The topological polar surface area (TPSA) is 49.4 Å². The summed E-state index contributed by atoms with van der Waals surface area (Å²) < 4.78 is 79.6. The van der Waals surface area contributed by atoms with Crippen LogP contribution in [0.25, 0.3) is 0 Å². The van der Waals surface area contributed by atoms with Gasteiger partial charge in [0.1, 0.15) is 0 Å². The normalized spacial score (nSPS) is 12.9. The first-order chi connectivity index (χ1) is 13.5. The van der Waals surface area contributed by atoms with Gasteiger partial charge in [-0.3, -0.25) is 9.59 Å². The molecule has 0 heterocycles. The zero-order valence-electron chi connectivity index (χ0n) is 14.8. The number of benzene rings is 2. The minimum atomic E-state index is -5.59. The molecule has 0 saturated heterocycles. The molecule has 2 aromatic carbocycles. The number of rotatable bonds is 6. The standard InChI is InChI=1S/C19H16F6N2O2/c20-18(21,22)15(16(28)26-11-13-7-3-1-4-8-13)27(17(29)19(23,24)25)12-14-9-5-2-6-10-14/h1-10,15H,11-12H2,(H,26,28). The van der Waals surface area contributed by atoms with E-state index in [9.17, 15) is 35.9 Å². The van der Waals surface area contributed by atoms with Crippen LogP contribution in [0.4, 0.5) is 26.3 Å². The highest BCUT2D eigenvalue weighted by Gasteiger charge is 2.55. The number of hydrogen-bond acceptors (Lipinski definition) is 2. The molecular weight excluding hydrogens is 402 g/mol. The van der Waals surface area contributed by atoms with E-state index in [4.69, 9.17) is 0 Å². The van der Waals surface area contributed by atoms with Crippen molar-refractivity contribution in [2.75, 3.05) is 0 Å². The Balaban J connectivity index is 2.34. The smallest absolute Gasteiger partial charge is 0.350 e. The second kappa shape index (κ2) is 8.97. The van der Waals surface area contributed by atoms with Gasteiger partial charge in [-0.25, -0.2) is 0 Å². The fourth-order valence-electron chi connectivity index (χ4n) is 2.57. The number of alkyl halides is 6. The third kappa shape index (κ3) is 6.23. The maximum atomic E-state index is 13.6. The number of nitrogens with one attached hydrogen (secondary N) is 1. The highest BCUT2D eigenvalue weighted by atomic mass is 19.4. The molecule has 0 fully saturated rings. The van der Waals surface area contributed by atoms with Gasteiger partial charge in [-0.05, 0) is 11.1 Å². The molecule has 1 unspecified atom stereocenters. The van der Waals surface area contributed by atoms with Crippen molar-refractivity contribution in [3.8, 4) is 0 Å². The van der Waals surface area contributed by atoms with E-state index in [2.05, 4.69) is 0 Å². The fourth-order valence-corrected chi connectivity index (χ4v) is 2.57. The number of amides is 2. The Hall–Kier alpha value is -3.04.